The fraction of sp³-hybridized carbons (Fsp3) is 0.917. The van der Waals surface area contributed by atoms with E-state index in [1.165, 1.54) is 12.8 Å². The first-order valence-corrected chi connectivity index (χ1v) is 6.42. The molecule has 0 unspecified atom stereocenters. The molecule has 1 saturated heterocycles. The molecule has 1 heterocycles. The van der Waals surface area contributed by atoms with Crippen molar-refractivity contribution in [2.24, 2.45) is 11.8 Å². The molecule has 4 nitrogen and oxygen atoms in total. The van der Waals surface area contributed by atoms with Crippen LogP contribution in [0.15, 0.2) is 0 Å². The second-order valence-electron chi connectivity index (χ2n) is 4.83. The van der Waals surface area contributed by atoms with E-state index in [0.29, 0.717) is 13.2 Å². The average Bonchev–Trinajstić information content (AvgIpc) is 3.13. The summed E-state index contributed by atoms with van der Waals surface area (Å²) in [7, 11) is 0. The van der Waals surface area contributed by atoms with Gasteiger partial charge in [0.25, 0.3) is 0 Å². The molecule has 0 aromatic rings. The second kappa shape index (κ2) is 6.21. The maximum Gasteiger partial charge on any atom is 0.223 e. The summed E-state index contributed by atoms with van der Waals surface area (Å²) >= 11 is 0. The van der Waals surface area contributed by atoms with Gasteiger partial charge in [0.15, 0.2) is 0 Å². The molecule has 2 rings (SSSR count). The van der Waals surface area contributed by atoms with Crippen molar-refractivity contribution in [3.8, 4) is 0 Å². The van der Waals surface area contributed by atoms with Crippen molar-refractivity contribution in [1.82, 2.24) is 10.6 Å². The smallest absolute Gasteiger partial charge is 0.223 e. The first kappa shape index (κ1) is 11.9. The Morgan fingerprint density at radius 2 is 2.00 bits per heavy atom. The normalized spacial score (nSPS) is 22.0. The fourth-order valence-electron chi connectivity index (χ4n) is 2.01. The summed E-state index contributed by atoms with van der Waals surface area (Å²) in [5.41, 5.74) is 0. The standard InChI is InChI=1S/C12H22N2O2/c15-12(11-3-5-13-6-4-11)14-7-8-16-9-10-1-2-10/h10-11,13H,1-9H2,(H,14,15). The number of hydrogen-bond donors (Lipinski definition) is 2. The number of rotatable bonds is 6. The van der Waals surface area contributed by atoms with Gasteiger partial charge in [0.2, 0.25) is 5.91 Å². The molecule has 92 valence electrons. The molecular formula is C12H22N2O2. The molecule has 0 bridgehead atoms. The fourth-order valence-corrected chi connectivity index (χ4v) is 2.01. The number of amides is 1. The van der Waals surface area contributed by atoms with Crippen LogP contribution in [-0.4, -0.2) is 38.8 Å². The summed E-state index contributed by atoms with van der Waals surface area (Å²) in [6.07, 6.45) is 4.58. The Kier molecular flexibility index (Phi) is 4.60. The minimum absolute atomic E-state index is 0.205. The number of ether oxygens (including phenoxy) is 1. The lowest BCUT2D eigenvalue weighted by Crippen LogP contribution is -2.39. The zero-order chi connectivity index (χ0) is 11.2. The van der Waals surface area contributed by atoms with Crippen molar-refractivity contribution in [3.05, 3.63) is 0 Å². The number of hydrogen-bond acceptors (Lipinski definition) is 3. The maximum atomic E-state index is 11.7. The molecule has 0 spiro atoms. The Balaban J connectivity index is 1.48. The molecule has 0 aromatic carbocycles. The van der Waals surface area contributed by atoms with E-state index < -0.39 is 0 Å². The predicted octanol–water partition coefficient (Wildman–Crippen LogP) is 0.529. The molecule has 2 N–H and O–H groups in total. The topological polar surface area (TPSA) is 50.4 Å². The van der Waals surface area contributed by atoms with Gasteiger partial charge in [-0.2, -0.15) is 0 Å². The van der Waals surface area contributed by atoms with Gasteiger partial charge in [-0.15, -0.1) is 0 Å². The summed E-state index contributed by atoms with van der Waals surface area (Å²) < 4.78 is 5.47. The average molecular weight is 226 g/mol. The monoisotopic (exact) mass is 226 g/mol. The van der Waals surface area contributed by atoms with Crippen molar-refractivity contribution in [2.75, 3.05) is 32.8 Å². The Hall–Kier alpha value is -0.610. The van der Waals surface area contributed by atoms with Crippen molar-refractivity contribution >= 4 is 5.91 Å². The molecule has 1 amide bonds. The van der Waals surface area contributed by atoms with E-state index in [1.807, 2.05) is 0 Å². The van der Waals surface area contributed by atoms with Crippen LogP contribution in [0.5, 0.6) is 0 Å². The van der Waals surface area contributed by atoms with Gasteiger partial charge in [0.1, 0.15) is 0 Å². The largest absolute Gasteiger partial charge is 0.379 e. The molecule has 2 aliphatic rings. The molecule has 16 heavy (non-hydrogen) atoms. The van der Waals surface area contributed by atoms with Crippen LogP contribution in [0.2, 0.25) is 0 Å². The number of piperidine rings is 1. The molecule has 1 aliphatic carbocycles. The Morgan fingerprint density at radius 3 is 2.69 bits per heavy atom. The van der Waals surface area contributed by atoms with Crippen LogP contribution in [-0.2, 0) is 9.53 Å². The van der Waals surface area contributed by atoms with E-state index in [1.54, 1.807) is 0 Å². The first-order valence-electron chi connectivity index (χ1n) is 6.42. The Labute approximate surface area is 97.1 Å². The summed E-state index contributed by atoms with van der Waals surface area (Å²) in [4.78, 5) is 11.7. The van der Waals surface area contributed by atoms with Crippen LogP contribution < -0.4 is 10.6 Å². The van der Waals surface area contributed by atoms with E-state index in [4.69, 9.17) is 4.74 Å². The van der Waals surface area contributed by atoms with Gasteiger partial charge >= 0.3 is 0 Å². The summed E-state index contributed by atoms with van der Waals surface area (Å²) in [6.45, 7) is 4.14. The molecule has 2 fully saturated rings. The van der Waals surface area contributed by atoms with Crippen LogP contribution in [0.3, 0.4) is 0 Å². The lowest BCUT2D eigenvalue weighted by Gasteiger charge is -2.21. The molecular weight excluding hydrogens is 204 g/mol. The molecule has 0 radical (unpaired) electrons. The van der Waals surface area contributed by atoms with Gasteiger partial charge in [-0.3, -0.25) is 4.79 Å². The minimum atomic E-state index is 0.205. The molecule has 0 atom stereocenters. The van der Waals surface area contributed by atoms with Crippen LogP contribution in [0.25, 0.3) is 0 Å². The zero-order valence-electron chi connectivity index (χ0n) is 9.84. The number of carbonyl (C=O) groups excluding carboxylic acids is 1. The maximum absolute atomic E-state index is 11.7. The molecule has 4 heteroatoms. The van der Waals surface area contributed by atoms with Crippen LogP contribution in [0.1, 0.15) is 25.7 Å². The third-order valence-electron chi connectivity index (χ3n) is 3.31. The summed E-state index contributed by atoms with van der Waals surface area (Å²) in [5.74, 6) is 1.22. The number of carbonyl (C=O) groups is 1. The van der Waals surface area contributed by atoms with Crippen LogP contribution >= 0.6 is 0 Å². The van der Waals surface area contributed by atoms with E-state index in [9.17, 15) is 4.79 Å². The van der Waals surface area contributed by atoms with Gasteiger partial charge in [0, 0.05) is 19.1 Å². The van der Waals surface area contributed by atoms with Crippen molar-refractivity contribution in [1.29, 1.82) is 0 Å². The van der Waals surface area contributed by atoms with Gasteiger partial charge < -0.3 is 15.4 Å². The van der Waals surface area contributed by atoms with E-state index in [0.717, 1.165) is 38.5 Å². The SMILES string of the molecule is O=C(NCCOCC1CC1)C1CCNCC1. The van der Waals surface area contributed by atoms with Gasteiger partial charge in [0.05, 0.1) is 6.61 Å². The van der Waals surface area contributed by atoms with Crippen molar-refractivity contribution in [2.45, 2.75) is 25.7 Å². The third kappa shape index (κ3) is 4.10. The van der Waals surface area contributed by atoms with E-state index in [-0.39, 0.29) is 11.8 Å². The van der Waals surface area contributed by atoms with E-state index in [2.05, 4.69) is 10.6 Å². The van der Waals surface area contributed by atoms with Crippen LogP contribution in [0, 0.1) is 11.8 Å². The highest BCUT2D eigenvalue weighted by Gasteiger charge is 2.22. The molecule has 1 aliphatic heterocycles. The van der Waals surface area contributed by atoms with Crippen molar-refractivity contribution in [3.63, 3.8) is 0 Å². The van der Waals surface area contributed by atoms with Gasteiger partial charge in [-0.25, -0.2) is 0 Å². The number of nitrogens with one attached hydrogen (secondary N) is 2. The summed E-state index contributed by atoms with van der Waals surface area (Å²) in [6, 6.07) is 0. The lowest BCUT2D eigenvalue weighted by molar-refractivity contribution is -0.126. The van der Waals surface area contributed by atoms with Crippen LogP contribution in [0.4, 0.5) is 0 Å². The molecule has 0 aromatic heterocycles. The van der Waals surface area contributed by atoms with Crippen molar-refractivity contribution < 1.29 is 9.53 Å². The quantitative estimate of drug-likeness (QED) is 0.650. The Morgan fingerprint density at radius 1 is 1.25 bits per heavy atom. The van der Waals surface area contributed by atoms with Gasteiger partial charge in [-0.05, 0) is 44.7 Å². The summed E-state index contributed by atoms with van der Waals surface area (Å²) in [5, 5.41) is 6.22. The van der Waals surface area contributed by atoms with Gasteiger partial charge in [-0.1, -0.05) is 0 Å². The predicted molar refractivity (Wildman–Crippen MR) is 62.1 cm³/mol. The lowest BCUT2D eigenvalue weighted by atomic mass is 9.97. The Bertz CT molecular complexity index is 223. The second-order valence-corrected chi connectivity index (χ2v) is 4.83. The molecule has 1 saturated carbocycles. The zero-order valence-corrected chi connectivity index (χ0v) is 9.84. The minimum Gasteiger partial charge on any atom is -0.379 e. The highest BCUT2D eigenvalue weighted by atomic mass is 16.5. The highest BCUT2D eigenvalue weighted by Crippen LogP contribution is 2.28. The third-order valence-corrected chi connectivity index (χ3v) is 3.31. The van der Waals surface area contributed by atoms with E-state index >= 15 is 0 Å². The first-order chi connectivity index (χ1) is 7.86. The highest BCUT2D eigenvalue weighted by molar-refractivity contribution is 5.78.